The number of fused-ring (bicyclic) bond motifs is 1. The first-order chi connectivity index (χ1) is 13.0. The summed E-state index contributed by atoms with van der Waals surface area (Å²) in [5.74, 6) is -1.51. The number of aromatic nitrogens is 2. The molecule has 1 aliphatic rings. The summed E-state index contributed by atoms with van der Waals surface area (Å²) >= 11 is 12.0. The van der Waals surface area contributed by atoms with Crippen LogP contribution in [0.15, 0.2) is 59.5 Å². The smallest absolute Gasteiger partial charge is 0.295 e. The molecule has 1 aliphatic heterocycles. The summed E-state index contributed by atoms with van der Waals surface area (Å²) in [7, 11) is 0. The fourth-order valence-electron chi connectivity index (χ4n) is 2.62. The molecule has 0 aliphatic carbocycles. The van der Waals surface area contributed by atoms with E-state index in [-0.39, 0.29) is 21.9 Å². The largest absolute Gasteiger partial charge is 0.365 e. The van der Waals surface area contributed by atoms with Gasteiger partial charge in [-0.3, -0.25) is 14.4 Å². The molecule has 27 heavy (non-hydrogen) atoms. The number of hydrogen-bond donors (Lipinski definition) is 0. The van der Waals surface area contributed by atoms with Gasteiger partial charge in [0.05, 0.1) is 23.0 Å². The Labute approximate surface area is 162 Å². The molecule has 0 fully saturated rings. The second kappa shape index (κ2) is 6.53. The molecule has 134 valence electrons. The highest BCUT2D eigenvalue weighted by Crippen LogP contribution is 2.27. The van der Waals surface area contributed by atoms with E-state index in [4.69, 9.17) is 28.0 Å². The molecule has 0 radical (unpaired) electrons. The quantitative estimate of drug-likeness (QED) is 0.629. The van der Waals surface area contributed by atoms with Crippen molar-refractivity contribution in [1.29, 1.82) is 0 Å². The summed E-state index contributed by atoms with van der Waals surface area (Å²) in [5, 5.41) is 4.62. The second-order valence-corrected chi connectivity index (χ2v) is 6.38. The Morgan fingerprint density at radius 1 is 0.889 bits per heavy atom. The maximum absolute atomic E-state index is 12.5. The van der Waals surface area contributed by atoms with Crippen molar-refractivity contribution in [3.63, 3.8) is 0 Å². The lowest BCUT2D eigenvalue weighted by Gasteiger charge is -2.15. The van der Waals surface area contributed by atoms with E-state index in [2.05, 4.69) is 5.10 Å². The molecule has 3 aromatic rings. The third kappa shape index (κ3) is 2.87. The molecule has 7 nitrogen and oxygen atoms in total. The van der Waals surface area contributed by atoms with Gasteiger partial charge in [-0.05, 0) is 30.3 Å². The van der Waals surface area contributed by atoms with Crippen LogP contribution in [0.5, 0.6) is 5.75 Å². The van der Waals surface area contributed by atoms with Crippen molar-refractivity contribution in [2.75, 3.05) is 0 Å². The summed E-state index contributed by atoms with van der Waals surface area (Å²) in [6.07, 6.45) is 1.15. The van der Waals surface area contributed by atoms with Gasteiger partial charge in [0.1, 0.15) is 0 Å². The number of imide groups is 1. The third-order valence-electron chi connectivity index (χ3n) is 3.89. The number of carbonyl (C=O) groups excluding carboxylic acids is 2. The average molecular weight is 402 g/mol. The summed E-state index contributed by atoms with van der Waals surface area (Å²) in [6.45, 7) is 0. The first kappa shape index (κ1) is 17.3. The van der Waals surface area contributed by atoms with Gasteiger partial charge in [-0.1, -0.05) is 46.5 Å². The fraction of sp³-hybridized carbons (Fsp3) is 0. The molecule has 4 rings (SSSR count). The minimum Gasteiger partial charge on any atom is -0.365 e. The Hall–Kier alpha value is -3.16. The highest BCUT2D eigenvalue weighted by molar-refractivity contribution is 6.32. The van der Waals surface area contributed by atoms with Gasteiger partial charge in [0, 0.05) is 5.02 Å². The van der Waals surface area contributed by atoms with E-state index < -0.39 is 17.4 Å². The van der Waals surface area contributed by atoms with Gasteiger partial charge in [-0.2, -0.15) is 9.78 Å². The minimum absolute atomic E-state index is 0.207. The number of hydrogen-bond acceptors (Lipinski definition) is 5. The number of rotatable bonds is 3. The van der Waals surface area contributed by atoms with Crippen LogP contribution in [0.4, 0.5) is 0 Å². The molecular weight excluding hydrogens is 393 g/mol. The number of hydroxylamine groups is 2. The normalized spacial score (nSPS) is 13.0. The lowest BCUT2D eigenvalue weighted by atomic mass is 10.1. The standard InChI is InChI=1S/C18H9Cl2N3O4/c19-10-4-3-5-11(8-10)22-18(26)15(20)14(9-21-22)27-23-16(24)12-6-1-2-7-13(12)17(23)25/h1-9H. The van der Waals surface area contributed by atoms with E-state index in [1.165, 1.54) is 18.2 Å². The molecule has 0 unspecified atom stereocenters. The number of halogens is 2. The first-order valence-corrected chi connectivity index (χ1v) is 8.42. The van der Waals surface area contributed by atoms with Gasteiger partial charge in [0.15, 0.2) is 10.8 Å². The first-order valence-electron chi connectivity index (χ1n) is 7.67. The van der Waals surface area contributed by atoms with E-state index in [1.54, 1.807) is 30.3 Å². The van der Waals surface area contributed by atoms with Crippen molar-refractivity contribution in [3.05, 3.63) is 86.3 Å². The van der Waals surface area contributed by atoms with Crippen LogP contribution in [0.25, 0.3) is 5.69 Å². The van der Waals surface area contributed by atoms with Crippen LogP contribution < -0.4 is 10.4 Å². The van der Waals surface area contributed by atoms with Crippen LogP contribution in [0, 0.1) is 0 Å². The van der Waals surface area contributed by atoms with E-state index in [0.717, 1.165) is 10.9 Å². The zero-order chi connectivity index (χ0) is 19.1. The van der Waals surface area contributed by atoms with Gasteiger partial charge in [-0.15, -0.1) is 0 Å². The maximum Gasteiger partial charge on any atom is 0.295 e. The van der Waals surface area contributed by atoms with E-state index in [9.17, 15) is 14.4 Å². The van der Waals surface area contributed by atoms with Gasteiger partial charge in [-0.25, -0.2) is 0 Å². The molecule has 0 bridgehead atoms. The molecule has 0 saturated heterocycles. The van der Waals surface area contributed by atoms with Gasteiger partial charge < -0.3 is 4.84 Å². The Morgan fingerprint density at radius 2 is 1.56 bits per heavy atom. The highest BCUT2D eigenvalue weighted by Gasteiger charge is 2.38. The van der Waals surface area contributed by atoms with Crippen molar-refractivity contribution >= 4 is 35.0 Å². The molecule has 0 spiro atoms. The van der Waals surface area contributed by atoms with Crippen molar-refractivity contribution in [3.8, 4) is 11.4 Å². The Bertz CT molecular complexity index is 1120. The Kier molecular flexibility index (Phi) is 4.18. The summed E-state index contributed by atoms with van der Waals surface area (Å²) in [4.78, 5) is 42.5. The third-order valence-corrected chi connectivity index (χ3v) is 4.47. The number of carbonyl (C=O) groups is 2. The molecule has 1 aromatic heterocycles. The number of benzene rings is 2. The van der Waals surface area contributed by atoms with Crippen LogP contribution in [0.2, 0.25) is 10.0 Å². The average Bonchev–Trinajstić information content (AvgIpc) is 2.91. The topological polar surface area (TPSA) is 81.5 Å². The lowest BCUT2D eigenvalue weighted by molar-refractivity contribution is -0.0144. The van der Waals surface area contributed by atoms with E-state index >= 15 is 0 Å². The van der Waals surface area contributed by atoms with E-state index in [0.29, 0.717) is 15.8 Å². The van der Waals surface area contributed by atoms with Gasteiger partial charge in [0.25, 0.3) is 17.4 Å². The van der Waals surface area contributed by atoms with Crippen molar-refractivity contribution in [2.24, 2.45) is 0 Å². The van der Waals surface area contributed by atoms with Crippen molar-refractivity contribution in [2.45, 2.75) is 0 Å². The molecule has 2 heterocycles. The monoisotopic (exact) mass is 401 g/mol. The van der Waals surface area contributed by atoms with Crippen LogP contribution >= 0.6 is 23.2 Å². The van der Waals surface area contributed by atoms with Crippen LogP contribution in [-0.4, -0.2) is 26.7 Å². The van der Waals surface area contributed by atoms with Crippen molar-refractivity contribution < 1.29 is 14.4 Å². The fourth-order valence-corrected chi connectivity index (χ4v) is 2.97. The lowest BCUT2D eigenvalue weighted by Crippen LogP contribution is -2.34. The predicted molar refractivity (Wildman–Crippen MR) is 97.4 cm³/mol. The molecule has 2 amide bonds. The SMILES string of the molecule is O=C1c2ccccc2C(=O)N1Oc1cnn(-c2cccc(Cl)c2)c(=O)c1Cl. The molecule has 2 aromatic carbocycles. The Morgan fingerprint density at radius 3 is 2.19 bits per heavy atom. The second-order valence-electron chi connectivity index (χ2n) is 5.56. The summed E-state index contributed by atoms with van der Waals surface area (Å²) in [5.41, 5.74) is 0.132. The van der Waals surface area contributed by atoms with Gasteiger partial charge >= 0.3 is 0 Å². The molecule has 0 saturated carbocycles. The summed E-state index contributed by atoms with van der Waals surface area (Å²) < 4.78 is 1.03. The Balaban J connectivity index is 1.69. The number of nitrogens with zero attached hydrogens (tertiary/aromatic N) is 3. The van der Waals surface area contributed by atoms with Crippen molar-refractivity contribution in [1.82, 2.24) is 14.8 Å². The highest BCUT2D eigenvalue weighted by atomic mass is 35.5. The molecular formula is C18H9Cl2N3O4. The van der Waals surface area contributed by atoms with E-state index in [1.807, 2.05) is 0 Å². The zero-order valence-electron chi connectivity index (χ0n) is 13.4. The summed E-state index contributed by atoms with van der Waals surface area (Å²) in [6, 6.07) is 12.8. The van der Waals surface area contributed by atoms with Crippen LogP contribution in [0.3, 0.4) is 0 Å². The molecule has 0 N–H and O–H groups in total. The van der Waals surface area contributed by atoms with Gasteiger partial charge in [0.2, 0.25) is 0 Å². The predicted octanol–water partition coefficient (Wildman–Crippen LogP) is 3.13. The molecule has 0 atom stereocenters. The molecule has 9 heteroatoms. The zero-order valence-corrected chi connectivity index (χ0v) is 14.9. The van der Waals surface area contributed by atoms with Crippen LogP contribution in [-0.2, 0) is 0 Å². The maximum atomic E-state index is 12.5. The minimum atomic E-state index is -0.687. The number of amides is 2. The van der Waals surface area contributed by atoms with Crippen LogP contribution in [0.1, 0.15) is 20.7 Å².